The van der Waals surface area contributed by atoms with E-state index in [9.17, 15) is 13.9 Å². The minimum absolute atomic E-state index is 0.103. The van der Waals surface area contributed by atoms with Gasteiger partial charge in [0.05, 0.1) is 12.6 Å². The second kappa shape index (κ2) is 7.89. The zero-order valence-electron chi connectivity index (χ0n) is 9.92. The molecule has 6 heteroatoms. The number of likely N-dealkylation sites (N-methyl/N-ethyl adjacent to an activating group) is 1. The summed E-state index contributed by atoms with van der Waals surface area (Å²) in [5.41, 5.74) is 0. The molecule has 0 radical (unpaired) electrons. The van der Waals surface area contributed by atoms with Crippen molar-refractivity contribution in [1.82, 2.24) is 10.2 Å². The van der Waals surface area contributed by atoms with E-state index in [4.69, 9.17) is 5.11 Å². The van der Waals surface area contributed by atoms with Crippen LogP contribution in [0.3, 0.4) is 0 Å². The number of alkyl halides is 2. The predicted molar refractivity (Wildman–Crippen MR) is 58.7 cm³/mol. The smallest absolute Gasteiger partial charge is 0.282 e. The molecule has 0 saturated heterocycles. The highest BCUT2D eigenvalue weighted by atomic mass is 19.3. The van der Waals surface area contributed by atoms with Crippen LogP contribution in [0.1, 0.15) is 13.8 Å². The zero-order valence-corrected chi connectivity index (χ0v) is 9.92. The Hall–Kier alpha value is -0.300. The summed E-state index contributed by atoms with van der Waals surface area (Å²) in [5.74, 6) is -3.12. The average molecular weight is 240 g/mol. The van der Waals surface area contributed by atoms with E-state index >= 15 is 0 Å². The van der Waals surface area contributed by atoms with Crippen molar-refractivity contribution < 1.29 is 19.0 Å². The Labute approximate surface area is 95.3 Å². The van der Waals surface area contributed by atoms with Crippen LogP contribution in [0.5, 0.6) is 0 Å². The summed E-state index contributed by atoms with van der Waals surface area (Å²) in [4.78, 5) is 2.01. The fourth-order valence-corrected chi connectivity index (χ4v) is 1.32. The third-order valence-electron chi connectivity index (χ3n) is 2.36. The molecule has 0 heterocycles. The van der Waals surface area contributed by atoms with Gasteiger partial charge >= 0.3 is 0 Å². The zero-order chi connectivity index (χ0) is 12.6. The summed E-state index contributed by atoms with van der Waals surface area (Å²) in [6.07, 6.45) is -0.672. The van der Waals surface area contributed by atoms with Crippen LogP contribution in [0.25, 0.3) is 0 Å². The number of aliphatic hydroxyl groups excluding tert-OH is 2. The minimum atomic E-state index is -3.12. The van der Waals surface area contributed by atoms with Crippen LogP contribution in [0.4, 0.5) is 8.78 Å². The van der Waals surface area contributed by atoms with Gasteiger partial charge in [0.2, 0.25) is 0 Å². The molecular weight excluding hydrogens is 218 g/mol. The SMILES string of the molecule is CCN(CC)CC(O)CNCC(F)(F)CO. The van der Waals surface area contributed by atoms with Crippen LogP contribution in [-0.4, -0.2) is 66.5 Å². The Bertz CT molecular complexity index is 178. The van der Waals surface area contributed by atoms with Crippen molar-refractivity contribution in [3.05, 3.63) is 0 Å². The fourth-order valence-electron chi connectivity index (χ4n) is 1.32. The van der Waals surface area contributed by atoms with E-state index in [0.717, 1.165) is 13.1 Å². The molecule has 0 aliphatic heterocycles. The maximum atomic E-state index is 12.6. The molecule has 0 rings (SSSR count). The first-order chi connectivity index (χ1) is 7.45. The van der Waals surface area contributed by atoms with Crippen LogP contribution in [-0.2, 0) is 0 Å². The number of aliphatic hydroxyl groups is 2. The summed E-state index contributed by atoms with van der Waals surface area (Å²) in [6, 6.07) is 0. The van der Waals surface area contributed by atoms with Crippen LogP contribution >= 0.6 is 0 Å². The van der Waals surface area contributed by atoms with Gasteiger partial charge in [0, 0.05) is 13.1 Å². The molecule has 0 aliphatic rings. The molecule has 0 aromatic heterocycles. The summed E-state index contributed by atoms with van der Waals surface area (Å²) < 4.78 is 25.2. The number of hydrogen-bond acceptors (Lipinski definition) is 4. The van der Waals surface area contributed by atoms with E-state index in [1.54, 1.807) is 0 Å². The number of hydrogen-bond donors (Lipinski definition) is 3. The van der Waals surface area contributed by atoms with Crippen LogP contribution in [0.15, 0.2) is 0 Å². The number of halogens is 2. The number of rotatable bonds is 9. The van der Waals surface area contributed by atoms with Gasteiger partial charge in [0.1, 0.15) is 6.61 Å². The monoisotopic (exact) mass is 240 g/mol. The Morgan fingerprint density at radius 1 is 1.31 bits per heavy atom. The topological polar surface area (TPSA) is 55.7 Å². The molecule has 0 bridgehead atoms. The molecule has 3 N–H and O–H groups in total. The van der Waals surface area contributed by atoms with Gasteiger partial charge in [-0.25, -0.2) is 8.78 Å². The average Bonchev–Trinajstić information content (AvgIpc) is 2.25. The molecule has 4 nitrogen and oxygen atoms in total. The molecule has 0 aliphatic carbocycles. The third-order valence-corrected chi connectivity index (χ3v) is 2.36. The van der Waals surface area contributed by atoms with E-state index in [0.29, 0.717) is 6.54 Å². The van der Waals surface area contributed by atoms with Gasteiger partial charge in [-0.2, -0.15) is 0 Å². The van der Waals surface area contributed by atoms with E-state index in [1.165, 1.54) is 0 Å². The highest BCUT2D eigenvalue weighted by molar-refractivity contribution is 4.71. The first kappa shape index (κ1) is 15.7. The lowest BCUT2D eigenvalue weighted by atomic mass is 10.3. The Morgan fingerprint density at radius 3 is 2.31 bits per heavy atom. The van der Waals surface area contributed by atoms with Gasteiger partial charge in [0.25, 0.3) is 5.92 Å². The highest BCUT2D eigenvalue weighted by Gasteiger charge is 2.27. The predicted octanol–water partition coefficient (Wildman–Crippen LogP) is -0.0937. The molecule has 16 heavy (non-hydrogen) atoms. The standard InChI is InChI=1S/C10H22F2N2O2/c1-3-14(4-2)6-9(16)5-13-7-10(11,12)8-15/h9,13,15-16H,3-8H2,1-2H3. The Morgan fingerprint density at radius 2 is 1.88 bits per heavy atom. The summed E-state index contributed by atoms with van der Waals surface area (Å²) >= 11 is 0. The van der Waals surface area contributed by atoms with E-state index in [-0.39, 0.29) is 6.54 Å². The van der Waals surface area contributed by atoms with Gasteiger partial charge in [-0.1, -0.05) is 13.8 Å². The molecule has 0 fully saturated rings. The lowest BCUT2D eigenvalue weighted by Crippen LogP contribution is -2.42. The van der Waals surface area contributed by atoms with Crippen LogP contribution in [0.2, 0.25) is 0 Å². The fraction of sp³-hybridized carbons (Fsp3) is 1.00. The molecule has 0 aromatic rings. The number of nitrogens with zero attached hydrogens (tertiary/aromatic N) is 1. The van der Waals surface area contributed by atoms with Crippen molar-refractivity contribution in [2.45, 2.75) is 25.9 Å². The Kier molecular flexibility index (Phi) is 7.74. The van der Waals surface area contributed by atoms with Gasteiger partial charge in [-0.05, 0) is 13.1 Å². The molecule has 0 saturated carbocycles. The van der Waals surface area contributed by atoms with Crippen molar-refractivity contribution >= 4 is 0 Å². The lowest BCUT2D eigenvalue weighted by Gasteiger charge is -2.22. The van der Waals surface area contributed by atoms with E-state index in [2.05, 4.69) is 5.32 Å². The van der Waals surface area contributed by atoms with Crippen molar-refractivity contribution in [2.24, 2.45) is 0 Å². The molecule has 98 valence electrons. The van der Waals surface area contributed by atoms with E-state index in [1.807, 2.05) is 18.7 Å². The van der Waals surface area contributed by atoms with Crippen molar-refractivity contribution in [1.29, 1.82) is 0 Å². The molecule has 0 aromatic carbocycles. The highest BCUT2D eigenvalue weighted by Crippen LogP contribution is 2.09. The number of nitrogens with one attached hydrogen (secondary N) is 1. The van der Waals surface area contributed by atoms with Gasteiger partial charge in [-0.15, -0.1) is 0 Å². The molecule has 0 amide bonds. The molecule has 0 spiro atoms. The summed E-state index contributed by atoms with van der Waals surface area (Å²) in [5, 5.41) is 20.3. The molecular formula is C10H22F2N2O2. The molecule has 1 atom stereocenters. The first-order valence-corrected chi connectivity index (χ1v) is 5.55. The normalized spacial score (nSPS) is 14.4. The maximum absolute atomic E-state index is 12.6. The van der Waals surface area contributed by atoms with Gasteiger partial charge < -0.3 is 20.4 Å². The van der Waals surface area contributed by atoms with Crippen molar-refractivity contribution in [2.75, 3.05) is 39.3 Å². The minimum Gasteiger partial charge on any atom is -0.390 e. The maximum Gasteiger partial charge on any atom is 0.282 e. The van der Waals surface area contributed by atoms with Crippen molar-refractivity contribution in [3.8, 4) is 0 Å². The second-order valence-corrected chi connectivity index (χ2v) is 3.78. The van der Waals surface area contributed by atoms with Gasteiger partial charge in [-0.3, -0.25) is 0 Å². The van der Waals surface area contributed by atoms with Crippen LogP contribution < -0.4 is 5.32 Å². The first-order valence-electron chi connectivity index (χ1n) is 5.55. The lowest BCUT2D eigenvalue weighted by molar-refractivity contribution is -0.0491. The summed E-state index contributed by atoms with van der Waals surface area (Å²) in [6.45, 7) is 4.37. The van der Waals surface area contributed by atoms with Gasteiger partial charge in [0.15, 0.2) is 0 Å². The second-order valence-electron chi connectivity index (χ2n) is 3.78. The largest absolute Gasteiger partial charge is 0.390 e. The molecule has 1 unspecified atom stereocenters. The quantitative estimate of drug-likeness (QED) is 0.527. The summed E-state index contributed by atoms with van der Waals surface area (Å²) in [7, 11) is 0. The van der Waals surface area contributed by atoms with Crippen molar-refractivity contribution in [3.63, 3.8) is 0 Å². The Balaban J connectivity index is 3.69. The third kappa shape index (κ3) is 7.05. The van der Waals surface area contributed by atoms with Crippen LogP contribution in [0, 0.1) is 0 Å². The van der Waals surface area contributed by atoms with E-state index < -0.39 is 25.2 Å².